The van der Waals surface area contributed by atoms with E-state index in [2.05, 4.69) is 15.9 Å². The Morgan fingerprint density at radius 2 is 1.63 bits per heavy atom. The van der Waals surface area contributed by atoms with Crippen LogP contribution in [0.2, 0.25) is 0 Å². The van der Waals surface area contributed by atoms with Crippen LogP contribution >= 0.6 is 0 Å². The number of allylic oxidation sites excluding steroid dienone is 1. The molecule has 12 nitrogen and oxygen atoms in total. The minimum absolute atomic E-state index is 0.0853. The van der Waals surface area contributed by atoms with Crippen molar-refractivity contribution in [3.8, 4) is 0 Å². The Bertz CT molecular complexity index is 1180. The molecule has 1 N–H and O–H groups in total. The SMILES string of the molecule is C/C=C/N(C)/N=N\NC(=O)[C@@H]1C[C@@H](CC2CCC3(CC2)CC3)CN1C(=O)[C@H]1[C@@H](C(=O)N2CCCC2)CCCN1C(=O)OC(C)(C)C. The van der Waals surface area contributed by atoms with Gasteiger partial charge in [0.1, 0.15) is 17.7 Å². The molecule has 0 bridgehead atoms. The van der Waals surface area contributed by atoms with Crippen molar-refractivity contribution in [3.63, 3.8) is 0 Å². The van der Waals surface area contributed by atoms with Crippen LogP contribution in [0, 0.1) is 23.2 Å². The summed E-state index contributed by atoms with van der Waals surface area (Å²) in [6.45, 7) is 9.30. The number of carbonyl (C=O) groups excluding carboxylic acids is 4. The summed E-state index contributed by atoms with van der Waals surface area (Å²) in [7, 11) is 1.71. The molecule has 12 heteroatoms. The summed E-state index contributed by atoms with van der Waals surface area (Å²) in [6, 6.07) is -1.80. The van der Waals surface area contributed by atoms with E-state index in [9.17, 15) is 19.2 Å². The van der Waals surface area contributed by atoms with E-state index in [4.69, 9.17) is 4.74 Å². The number of nitrogens with one attached hydrogen (secondary N) is 1. The number of piperidine rings is 1. The highest BCUT2D eigenvalue weighted by Gasteiger charge is 2.51. The lowest BCUT2D eigenvalue weighted by molar-refractivity contribution is -0.151. The molecule has 46 heavy (non-hydrogen) atoms. The van der Waals surface area contributed by atoms with Gasteiger partial charge in [-0.25, -0.2) is 10.2 Å². The van der Waals surface area contributed by atoms with E-state index >= 15 is 0 Å². The van der Waals surface area contributed by atoms with Gasteiger partial charge in [0.15, 0.2) is 0 Å². The predicted molar refractivity (Wildman–Crippen MR) is 173 cm³/mol. The first-order chi connectivity index (χ1) is 21.9. The summed E-state index contributed by atoms with van der Waals surface area (Å²) < 4.78 is 5.76. The van der Waals surface area contributed by atoms with Crippen LogP contribution in [0.1, 0.15) is 105 Å². The van der Waals surface area contributed by atoms with Gasteiger partial charge in [-0.1, -0.05) is 6.08 Å². The van der Waals surface area contributed by atoms with E-state index in [0.717, 1.165) is 19.3 Å². The Hall–Kier alpha value is -3.18. The molecule has 2 aliphatic carbocycles. The van der Waals surface area contributed by atoms with Gasteiger partial charge in [0.2, 0.25) is 11.8 Å². The largest absolute Gasteiger partial charge is 0.444 e. The van der Waals surface area contributed by atoms with Gasteiger partial charge >= 0.3 is 6.09 Å². The van der Waals surface area contributed by atoms with Crippen molar-refractivity contribution < 1.29 is 23.9 Å². The van der Waals surface area contributed by atoms with Crippen molar-refractivity contribution >= 4 is 23.8 Å². The average Bonchev–Trinajstić information content (AvgIpc) is 3.37. The minimum atomic E-state index is -1.03. The fraction of sp³-hybridized carbons (Fsp3) is 0.824. The number of hydrogen-bond donors (Lipinski definition) is 1. The molecule has 0 aromatic carbocycles. The van der Waals surface area contributed by atoms with Crippen LogP contribution in [0.25, 0.3) is 0 Å². The van der Waals surface area contributed by atoms with Gasteiger partial charge in [-0.05, 0) is 132 Å². The van der Waals surface area contributed by atoms with Crippen molar-refractivity contribution in [2.45, 2.75) is 122 Å². The van der Waals surface area contributed by atoms with Crippen molar-refractivity contribution in [1.82, 2.24) is 25.1 Å². The smallest absolute Gasteiger partial charge is 0.410 e. The normalized spacial score (nSPS) is 28.3. The second-order valence-electron chi connectivity index (χ2n) is 15.4. The molecule has 0 aromatic heterocycles. The van der Waals surface area contributed by atoms with Gasteiger partial charge in [0.25, 0.3) is 5.91 Å². The maximum absolute atomic E-state index is 14.8. The Labute approximate surface area is 274 Å². The maximum Gasteiger partial charge on any atom is 0.410 e. The lowest BCUT2D eigenvalue weighted by Gasteiger charge is -2.43. The third-order valence-electron chi connectivity index (χ3n) is 10.7. The number of carbonyl (C=O) groups is 4. The van der Waals surface area contributed by atoms with Crippen molar-refractivity contribution in [2.24, 2.45) is 33.6 Å². The molecular formula is C34H55N7O5. The third kappa shape index (κ3) is 8.20. The molecule has 0 aromatic rings. The number of likely N-dealkylation sites (tertiary alicyclic amines) is 3. The fourth-order valence-electron chi connectivity index (χ4n) is 8.15. The number of hydrogen-bond acceptors (Lipinski definition) is 7. The Kier molecular flexibility index (Phi) is 10.6. The average molecular weight is 642 g/mol. The Morgan fingerprint density at radius 3 is 2.26 bits per heavy atom. The van der Waals surface area contributed by atoms with Gasteiger partial charge in [0.05, 0.1) is 5.92 Å². The van der Waals surface area contributed by atoms with Gasteiger partial charge in [-0.15, -0.1) is 0 Å². The zero-order valence-electron chi connectivity index (χ0n) is 28.6. The molecule has 4 amide bonds. The van der Waals surface area contributed by atoms with Crippen LogP contribution in [0.3, 0.4) is 0 Å². The second-order valence-corrected chi connectivity index (χ2v) is 15.4. The summed E-state index contributed by atoms with van der Waals surface area (Å²) in [5.41, 5.74) is 2.40. The molecular weight excluding hydrogens is 586 g/mol. The Balaban J connectivity index is 1.39. The first kappa shape index (κ1) is 34.2. The molecule has 3 heterocycles. The standard InChI is InChI=1S/C34H55N7O5/c1-6-17-38(5)37-36-35-29(42)27-22-25(21-24-11-13-34(14-12-24)15-16-34)23-41(27)31(44)28-26(30(43)39-18-7-8-19-39)10-9-20-40(28)32(45)46-33(2,3)4/h6,17,24-28H,7-16,18-23H2,1-5H3,(H,35,37,42)/b17-6+/t25-,26+,27+,28-/m1/s1. The molecule has 5 aliphatic rings. The highest BCUT2D eigenvalue weighted by Crippen LogP contribution is 2.58. The van der Waals surface area contributed by atoms with Crippen molar-refractivity contribution in [2.75, 3.05) is 33.2 Å². The monoisotopic (exact) mass is 641 g/mol. The Morgan fingerprint density at radius 1 is 0.935 bits per heavy atom. The molecule has 1 spiro atoms. The minimum Gasteiger partial charge on any atom is -0.444 e. The maximum atomic E-state index is 14.8. The van der Waals surface area contributed by atoms with Crippen LogP contribution in [-0.2, 0) is 19.1 Å². The third-order valence-corrected chi connectivity index (χ3v) is 10.7. The van der Waals surface area contributed by atoms with E-state index in [-0.39, 0.29) is 17.7 Å². The molecule has 0 radical (unpaired) electrons. The first-order valence-corrected chi connectivity index (χ1v) is 17.5. The molecule has 0 unspecified atom stereocenters. The quantitative estimate of drug-likeness (QED) is 0.291. The van der Waals surface area contributed by atoms with Crippen LogP contribution in [0.15, 0.2) is 22.7 Å². The number of rotatable bonds is 8. The number of ether oxygens (including phenoxy) is 1. The van der Waals surface area contributed by atoms with E-state index in [1.54, 1.807) is 45.0 Å². The zero-order valence-corrected chi connectivity index (χ0v) is 28.6. The van der Waals surface area contributed by atoms with Crippen molar-refractivity contribution in [1.29, 1.82) is 0 Å². The summed E-state index contributed by atoms with van der Waals surface area (Å²) >= 11 is 0. The van der Waals surface area contributed by atoms with Gasteiger partial charge in [0, 0.05) is 39.4 Å². The summed E-state index contributed by atoms with van der Waals surface area (Å²) in [4.78, 5) is 60.9. The zero-order chi connectivity index (χ0) is 33.1. The summed E-state index contributed by atoms with van der Waals surface area (Å²) in [6.07, 6.45) is 15.1. The first-order valence-electron chi connectivity index (χ1n) is 17.5. The van der Waals surface area contributed by atoms with E-state index in [1.165, 1.54) is 48.4 Å². The highest BCUT2D eigenvalue weighted by molar-refractivity contribution is 5.96. The van der Waals surface area contributed by atoms with Gasteiger partial charge in [-0.3, -0.25) is 24.3 Å². The topological polar surface area (TPSA) is 127 Å². The number of amides is 4. The van der Waals surface area contributed by atoms with Crippen LogP contribution in [-0.4, -0.2) is 94.4 Å². The molecule has 4 atom stereocenters. The lowest BCUT2D eigenvalue weighted by atomic mass is 9.76. The molecule has 3 saturated heterocycles. The van der Waals surface area contributed by atoms with Crippen molar-refractivity contribution in [3.05, 3.63) is 12.3 Å². The van der Waals surface area contributed by atoms with Crippen LogP contribution < -0.4 is 5.43 Å². The van der Waals surface area contributed by atoms with Gasteiger partial charge < -0.3 is 14.5 Å². The fourth-order valence-corrected chi connectivity index (χ4v) is 8.15. The lowest BCUT2D eigenvalue weighted by Crippen LogP contribution is -2.62. The van der Waals surface area contributed by atoms with E-state index in [0.29, 0.717) is 56.8 Å². The summed E-state index contributed by atoms with van der Waals surface area (Å²) in [5, 5.41) is 9.36. The highest BCUT2D eigenvalue weighted by atomic mass is 16.6. The van der Waals surface area contributed by atoms with Crippen LogP contribution in [0.4, 0.5) is 4.79 Å². The predicted octanol–water partition coefficient (Wildman–Crippen LogP) is 5.07. The van der Waals surface area contributed by atoms with Crippen LogP contribution in [0.5, 0.6) is 0 Å². The molecule has 5 rings (SSSR count). The van der Waals surface area contributed by atoms with Gasteiger partial charge in [-0.2, -0.15) is 0 Å². The molecule has 3 aliphatic heterocycles. The van der Waals surface area contributed by atoms with E-state index < -0.39 is 35.6 Å². The molecule has 2 saturated carbocycles. The summed E-state index contributed by atoms with van der Waals surface area (Å²) in [5.74, 6) is -0.798. The molecule has 256 valence electrons. The van der Waals surface area contributed by atoms with E-state index in [1.807, 2.05) is 11.8 Å². The number of nitrogens with zero attached hydrogens (tertiary/aromatic N) is 6. The second kappa shape index (κ2) is 14.3. The molecule has 5 fully saturated rings.